The number of ether oxygens (including phenoxy) is 3. The van der Waals surface area contributed by atoms with Gasteiger partial charge >= 0.3 is 5.97 Å². The van der Waals surface area contributed by atoms with Crippen LogP contribution < -0.4 is 5.32 Å². The highest BCUT2D eigenvalue weighted by atomic mass is 16.5. The SMILES string of the molecule is CCCNC(CCN(CCCOC)CCOC)C(=O)OC. The Kier molecular flexibility index (Phi) is 13.8. The lowest BCUT2D eigenvalue weighted by Gasteiger charge is -2.24. The van der Waals surface area contributed by atoms with Crippen LogP contribution in [-0.4, -0.2) is 77.6 Å². The molecule has 0 radical (unpaired) electrons. The van der Waals surface area contributed by atoms with Crippen molar-refractivity contribution in [2.24, 2.45) is 0 Å². The van der Waals surface area contributed by atoms with Crippen molar-refractivity contribution in [3.63, 3.8) is 0 Å². The lowest BCUT2D eigenvalue weighted by molar-refractivity contribution is -0.143. The Labute approximate surface area is 129 Å². The molecule has 0 bridgehead atoms. The fourth-order valence-electron chi connectivity index (χ4n) is 2.06. The van der Waals surface area contributed by atoms with Crippen LogP contribution in [0.1, 0.15) is 26.2 Å². The maximum absolute atomic E-state index is 11.8. The number of hydrogen-bond acceptors (Lipinski definition) is 6. The Bertz CT molecular complexity index is 252. The lowest BCUT2D eigenvalue weighted by atomic mass is 10.2. The third-order valence-electron chi connectivity index (χ3n) is 3.29. The molecule has 1 N–H and O–H groups in total. The molecular weight excluding hydrogens is 272 g/mol. The van der Waals surface area contributed by atoms with Gasteiger partial charge in [0.2, 0.25) is 0 Å². The number of nitrogens with zero attached hydrogens (tertiary/aromatic N) is 1. The molecule has 0 aromatic heterocycles. The van der Waals surface area contributed by atoms with Gasteiger partial charge in [0.05, 0.1) is 13.7 Å². The van der Waals surface area contributed by atoms with Crippen LogP contribution in [0.25, 0.3) is 0 Å². The van der Waals surface area contributed by atoms with Gasteiger partial charge in [0.15, 0.2) is 0 Å². The maximum Gasteiger partial charge on any atom is 0.322 e. The van der Waals surface area contributed by atoms with Gasteiger partial charge in [0.25, 0.3) is 0 Å². The van der Waals surface area contributed by atoms with E-state index >= 15 is 0 Å². The van der Waals surface area contributed by atoms with Gasteiger partial charge in [-0.3, -0.25) is 4.79 Å². The van der Waals surface area contributed by atoms with Crippen LogP contribution in [0.4, 0.5) is 0 Å². The number of nitrogens with one attached hydrogen (secondary N) is 1. The number of carbonyl (C=O) groups is 1. The summed E-state index contributed by atoms with van der Waals surface area (Å²) in [7, 11) is 4.85. The lowest BCUT2D eigenvalue weighted by Crippen LogP contribution is -2.41. The predicted molar refractivity (Wildman–Crippen MR) is 83.5 cm³/mol. The Morgan fingerprint density at radius 1 is 1.10 bits per heavy atom. The van der Waals surface area contributed by atoms with Crippen molar-refractivity contribution in [3.05, 3.63) is 0 Å². The van der Waals surface area contributed by atoms with Gasteiger partial charge in [-0.15, -0.1) is 0 Å². The molecule has 0 fully saturated rings. The zero-order valence-corrected chi connectivity index (χ0v) is 14.0. The van der Waals surface area contributed by atoms with Gasteiger partial charge in [-0.25, -0.2) is 0 Å². The van der Waals surface area contributed by atoms with Crippen molar-refractivity contribution in [1.82, 2.24) is 10.2 Å². The summed E-state index contributed by atoms with van der Waals surface area (Å²) >= 11 is 0. The number of carbonyl (C=O) groups excluding carboxylic acids is 1. The van der Waals surface area contributed by atoms with E-state index in [1.165, 1.54) is 7.11 Å². The molecule has 1 unspecified atom stereocenters. The van der Waals surface area contributed by atoms with Crippen LogP contribution in [0.5, 0.6) is 0 Å². The fraction of sp³-hybridized carbons (Fsp3) is 0.933. The third-order valence-corrected chi connectivity index (χ3v) is 3.29. The van der Waals surface area contributed by atoms with Crippen molar-refractivity contribution < 1.29 is 19.0 Å². The molecule has 0 amide bonds. The minimum atomic E-state index is -0.234. The second-order valence-corrected chi connectivity index (χ2v) is 5.00. The van der Waals surface area contributed by atoms with E-state index < -0.39 is 0 Å². The van der Waals surface area contributed by atoms with Crippen LogP contribution in [0.3, 0.4) is 0 Å². The quantitative estimate of drug-likeness (QED) is 0.380. The minimum Gasteiger partial charge on any atom is -0.468 e. The monoisotopic (exact) mass is 304 g/mol. The first-order chi connectivity index (χ1) is 10.2. The highest BCUT2D eigenvalue weighted by molar-refractivity contribution is 5.75. The summed E-state index contributed by atoms with van der Waals surface area (Å²) in [6.45, 7) is 6.99. The van der Waals surface area contributed by atoms with E-state index in [-0.39, 0.29) is 12.0 Å². The van der Waals surface area contributed by atoms with Gasteiger partial charge in [0, 0.05) is 40.5 Å². The van der Waals surface area contributed by atoms with E-state index in [1.807, 2.05) is 0 Å². The predicted octanol–water partition coefficient (Wildman–Crippen LogP) is 0.903. The zero-order valence-electron chi connectivity index (χ0n) is 14.0. The smallest absolute Gasteiger partial charge is 0.322 e. The molecule has 0 aliphatic rings. The van der Waals surface area contributed by atoms with Crippen molar-refractivity contribution in [2.75, 3.05) is 60.7 Å². The summed E-state index contributed by atoms with van der Waals surface area (Å²) in [6, 6.07) is -0.234. The first-order valence-corrected chi connectivity index (χ1v) is 7.71. The Morgan fingerprint density at radius 3 is 2.38 bits per heavy atom. The van der Waals surface area contributed by atoms with Gasteiger partial charge < -0.3 is 24.4 Å². The van der Waals surface area contributed by atoms with Crippen molar-refractivity contribution in [1.29, 1.82) is 0 Å². The summed E-state index contributed by atoms with van der Waals surface area (Å²) in [4.78, 5) is 14.1. The van der Waals surface area contributed by atoms with Gasteiger partial charge in [-0.05, 0) is 25.8 Å². The van der Waals surface area contributed by atoms with E-state index in [0.717, 1.165) is 52.0 Å². The third kappa shape index (κ3) is 10.6. The highest BCUT2D eigenvalue weighted by Crippen LogP contribution is 2.01. The largest absolute Gasteiger partial charge is 0.468 e. The van der Waals surface area contributed by atoms with Crippen LogP contribution in [0.15, 0.2) is 0 Å². The van der Waals surface area contributed by atoms with Gasteiger partial charge in [0.1, 0.15) is 6.04 Å². The normalized spacial score (nSPS) is 12.6. The van der Waals surface area contributed by atoms with E-state index in [1.54, 1.807) is 14.2 Å². The number of hydrogen-bond donors (Lipinski definition) is 1. The van der Waals surface area contributed by atoms with Crippen molar-refractivity contribution >= 4 is 5.97 Å². The van der Waals surface area contributed by atoms with Crippen LogP contribution in [-0.2, 0) is 19.0 Å². The van der Waals surface area contributed by atoms with E-state index in [0.29, 0.717) is 6.61 Å². The van der Waals surface area contributed by atoms with Crippen LogP contribution in [0.2, 0.25) is 0 Å². The van der Waals surface area contributed by atoms with Crippen LogP contribution >= 0.6 is 0 Å². The number of methoxy groups -OCH3 is 3. The second kappa shape index (κ2) is 14.3. The van der Waals surface area contributed by atoms with Crippen LogP contribution in [0, 0.1) is 0 Å². The molecular formula is C15H32N2O4. The molecule has 0 saturated carbocycles. The molecule has 0 spiro atoms. The molecule has 0 aliphatic heterocycles. The Balaban J connectivity index is 4.25. The van der Waals surface area contributed by atoms with Gasteiger partial charge in [-0.2, -0.15) is 0 Å². The fourth-order valence-corrected chi connectivity index (χ4v) is 2.06. The molecule has 1 atom stereocenters. The summed E-state index contributed by atoms with van der Waals surface area (Å²) in [5, 5.41) is 3.24. The topological polar surface area (TPSA) is 60.0 Å². The summed E-state index contributed by atoms with van der Waals surface area (Å²) in [6.07, 6.45) is 2.71. The van der Waals surface area contributed by atoms with E-state index in [4.69, 9.17) is 14.2 Å². The molecule has 0 aromatic rings. The van der Waals surface area contributed by atoms with Crippen molar-refractivity contribution in [2.45, 2.75) is 32.2 Å². The Morgan fingerprint density at radius 2 is 1.81 bits per heavy atom. The minimum absolute atomic E-state index is 0.188. The summed E-state index contributed by atoms with van der Waals surface area (Å²) in [5.74, 6) is -0.188. The standard InChI is InChI=1S/C15H32N2O4/c1-5-8-16-14(15(18)21-4)7-10-17(11-13-20-3)9-6-12-19-2/h14,16H,5-13H2,1-4H3. The summed E-state index contributed by atoms with van der Waals surface area (Å²) in [5.41, 5.74) is 0. The number of rotatable bonds is 14. The average Bonchev–Trinajstić information content (AvgIpc) is 2.51. The molecule has 0 aromatic carbocycles. The molecule has 0 heterocycles. The van der Waals surface area contributed by atoms with Crippen molar-refractivity contribution in [3.8, 4) is 0 Å². The van der Waals surface area contributed by atoms with E-state index in [2.05, 4.69) is 17.1 Å². The molecule has 21 heavy (non-hydrogen) atoms. The first kappa shape index (κ1) is 20.3. The maximum atomic E-state index is 11.8. The molecule has 6 heteroatoms. The molecule has 0 aliphatic carbocycles. The van der Waals surface area contributed by atoms with E-state index in [9.17, 15) is 4.79 Å². The second-order valence-electron chi connectivity index (χ2n) is 5.00. The molecule has 126 valence electrons. The average molecular weight is 304 g/mol. The molecule has 0 rings (SSSR count). The molecule has 6 nitrogen and oxygen atoms in total. The highest BCUT2D eigenvalue weighted by Gasteiger charge is 2.19. The zero-order chi connectivity index (χ0) is 15.9. The first-order valence-electron chi connectivity index (χ1n) is 7.71. The number of esters is 1. The summed E-state index contributed by atoms with van der Waals surface area (Å²) < 4.78 is 15.1. The van der Waals surface area contributed by atoms with Gasteiger partial charge in [-0.1, -0.05) is 6.92 Å². The molecule has 0 saturated heterocycles. The Hall–Kier alpha value is -0.690.